The number of carbonyl (C=O) groups is 2. The molecule has 3 aromatic rings. The Morgan fingerprint density at radius 1 is 1.23 bits per heavy atom. The summed E-state index contributed by atoms with van der Waals surface area (Å²) in [5.74, 6) is 0.113. The number of anilines is 1. The number of ether oxygens (including phenoxy) is 1. The van der Waals surface area contributed by atoms with Crippen molar-refractivity contribution < 1.29 is 22.7 Å². The van der Waals surface area contributed by atoms with Gasteiger partial charge in [-0.1, -0.05) is 11.3 Å². The Hall–Kier alpha value is -3.18. The SMILES string of the molecule is COc1ccc(S(=O)(=O)Nc2nc3ccc(C(=O)N4CCNC(=O)C4)cc3s2)cc1. The lowest BCUT2D eigenvalue weighted by atomic mass is 10.1. The number of hydrogen-bond donors (Lipinski definition) is 2. The summed E-state index contributed by atoms with van der Waals surface area (Å²) in [7, 11) is -2.31. The maximum Gasteiger partial charge on any atom is 0.263 e. The molecule has 2 N–H and O–H groups in total. The molecule has 1 saturated heterocycles. The van der Waals surface area contributed by atoms with E-state index in [0.29, 0.717) is 34.6 Å². The lowest BCUT2D eigenvalue weighted by Gasteiger charge is -2.26. The number of carbonyl (C=O) groups excluding carboxylic acids is 2. The second-order valence-electron chi connectivity index (χ2n) is 6.56. The Kier molecular flexibility index (Phi) is 5.31. The van der Waals surface area contributed by atoms with E-state index in [1.165, 1.54) is 24.1 Å². The van der Waals surface area contributed by atoms with Gasteiger partial charge in [0.15, 0.2) is 5.13 Å². The Bertz CT molecular complexity index is 1220. The molecule has 1 aliphatic heterocycles. The molecule has 0 aliphatic carbocycles. The molecule has 2 aromatic carbocycles. The highest BCUT2D eigenvalue weighted by Gasteiger charge is 2.23. The zero-order valence-electron chi connectivity index (χ0n) is 15.9. The molecular weight excluding hydrogens is 428 g/mol. The molecule has 4 rings (SSSR count). The fourth-order valence-electron chi connectivity index (χ4n) is 3.02. The normalized spacial score (nSPS) is 14.4. The van der Waals surface area contributed by atoms with Crippen LogP contribution in [0.3, 0.4) is 0 Å². The van der Waals surface area contributed by atoms with Gasteiger partial charge in [-0.15, -0.1) is 0 Å². The number of hydrogen-bond acceptors (Lipinski definition) is 7. The molecule has 0 bridgehead atoms. The van der Waals surface area contributed by atoms with Gasteiger partial charge in [-0.2, -0.15) is 0 Å². The largest absolute Gasteiger partial charge is 0.497 e. The Labute approximate surface area is 176 Å². The monoisotopic (exact) mass is 446 g/mol. The van der Waals surface area contributed by atoms with Crippen molar-refractivity contribution >= 4 is 48.5 Å². The second-order valence-corrected chi connectivity index (χ2v) is 9.27. The van der Waals surface area contributed by atoms with Crippen molar-refractivity contribution in [2.75, 3.05) is 31.5 Å². The smallest absolute Gasteiger partial charge is 0.263 e. The van der Waals surface area contributed by atoms with Crippen molar-refractivity contribution in [3.8, 4) is 5.75 Å². The van der Waals surface area contributed by atoms with Crippen LogP contribution in [0, 0.1) is 0 Å². The Morgan fingerprint density at radius 2 is 2.00 bits per heavy atom. The van der Waals surface area contributed by atoms with Crippen LogP contribution in [0.5, 0.6) is 5.75 Å². The van der Waals surface area contributed by atoms with E-state index in [2.05, 4.69) is 15.0 Å². The van der Waals surface area contributed by atoms with Gasteiger partial charge in [-0.3, -0.25) is 14.3 Å². The number of thiazole rings is 1. The molecule has 1 aliphatic rings. The number of rotatable bonds is 5. The van der Waals surface area contributed by atoms with Crippen molar-refractivity contribution in [2.24, 2.45) is 0 Å². The molecule has 11 heteroatoms. The molecule has 0 unspecified atom stereocenters. The minimum atomic E-state index is -3.81. The number of nitrogens with zero attached hydrogens (tertiary/aromatic N) is 2. The summed E-state index contributed by atoms with van der Waals surface area (Å²) < 4.78 is 33.4. The van der Waals surface area contributed by atoms with Gasteiger partial charge in [0.05, 0.1) is 28.8 Å². The summed E-state index contributed by atoms with van der Waals surface area (Å²) in [6.07, 6.45) is 0. The van der Waals surface area contributed by atoms with Crippen LogP contribution in [0.25, 0.3) is 10.2 Å². The van der Waals surface area contributed by atoms with E-state index >= 15 is 0 Å². The summed E-state index contributed by atoms with van der Waals surface area (Å²) in [6.45, 7) is 0.884. The van der Waals surface area contributed by atoms with E-state index in [4.69, 9.17) is 4.74 Å². The lowest BCUT2D eigenvalue weighted by molar-refractivity contribution is -0.123. The van der Waals surface area contributed by atoms with Crippen LogP contribution >= 0.6 is 11.3 Å². The summed E-state index contributed by atoms with van der Waals surface area (Å²) in [5, 5.41) is 2.88. The minimum absolute atomic E-state index is 0.0203. The average Bonchev–Trinajstić information content (AvgIpc) is 3.13. The fraction of sp³-hybridized carbons (Fsp3) is 0.211. The summed E-state index contributed by atoms with van der Waals surface area (Å²) in [5.41, 5.74) is 0.991. The first-order valence-electron chi connectivity index (χ1n) is 8.99. The third-order valence-electron chi connectivity index (χ3n) is 4.55. The Balaban J connectivity index is 1.56. The van der Waals surface area contributed by atoms with Crippen molar-refractivity contribution in [3.63, 3.8) is 0 Å². The predicted molar refractivity (Wildman–Crippen MR) is 112 cm³/mol. The van der Waals surface area contributed by atoms with Crippen LogP contribution < -0.4 is 14.8 Å². The van der Waals surface area contributed by atoms with Gasteiger partial charge < -0.3 is 15.0 Å². The molecule has 1 fully saturated rings. The van der Waals surface area contributed by atoms with Crippen LogP contribution in [0.4, 0.5) is 5.13 Å². The molecule has 9 nitrogen and oxygen atoms in total. The third-order valence-corrected chi connectivity index (χ3v) is 6.97. The maximum absolute atomic E-state index is 12.7. The molecule has 156 valence electrons. The molecular formula is C19H18N4O5S2. The molecule has 0 atom stereocenters. The van der Waals surface area contributed by atoms with Crippen molar-refractivity contribution in [1.29, 1.82) is 0 Å². The zero-order chi connectivity index (χ0) is 21.3. The standard InChI is InChI=1S/C19H18N4O5S2/c1-28-13-3-5-14(6-4-13)30(26,27)22-19-21-15-7-2-12(10-16(15)29-19)18(25)23-9-8-20-17(24)11-23/h2-7,10H,8-9,11H2,1H3,(H,20,24)(H,21,22). The van der Waals surface area contributed by atoms with E-state index in [1.54, 1.807) is 30.3 Å². The number of sulfonamides is 1. The topological polar surface area (TPSA) is 118 Å². The number of aromatic nitrogens is 1. The molecule has 2 amide bonds. The Morgan fingerprint density at radius 3 is 2.70 bits per heavy atom. The second kappa shape index (κ2) is 7.92. The highest BCUT2D eigenvalue weighted by Crippen LogP contribution is 2.29. The van der Waals surface area contributed by atoms with Gasteiger partial charge >= 0.3 is 0 Å². The number of methoxy groups -OCH3 is 1. The fourth-order valence-corrected chi connectivity index (χ4v) is 5.16. The van der Waals surface area contributed by atoms with Gasteiger partial charge in [0.2, 0.25) is 5.91 Å². The van der Waals surface area contributed by atoms with E-state index < -0.39 is 10.0 Å². The van der Waals surface area contributed by atoms with Crippen LogP contribution in [-0.2, 0) is 14.8 Å². The molecule has 0 radical (unpaired) electrons. The van der Waals surface area contributed by atoms with Crippen LogP contribution in [0.15, 0.2) is 47.4 Å². The highest BCUT2D eigenvalue weighted by atomic mass is 32.2. The number of fused-ring (bicyclic) bond motifs is 1. The van der Waals surface area contributed by atoms with Crippen LogP contribution in [0.1, 0.15) is 10.4 Å². The van der Waals surface area contributed by atoms with Crippen molar-refractivity contribution in [2.45, 2.75) is 4.90 Å². The van der Waals surface area contributed by atoms with Crippen LogP contribution in [0.2, 0.25) is 0 Å². The van der Waals surface area contributed by atoms with Gasteiger partial charge in [0, 0.05) is 18.7 Å². The number of nitrogens with one attached hydrogen (secondary N) is 2. The van der Waals surface area contributed by atoms with Gasteiger partial charge in [-0.05, 0) is 42.5 Å². The molecule has 0 saturated carbocycles. The number of piperazine rings is 1. The molecule has 0 spiro atoms. The van der Waals surface area contributed by atoms with E-state index in [0.717, 1.165) is 11.3 Å². The lowest BCUT2D eigenvalue weighted by Crippen LogP contribution is -2.49. The quantitative estimate of drug-likeness (QED) is 0.616. The summed E-state index contributed by atoms with van der Waals surface area (Å²) in [6, 6.07) is 11.0. The van der Waals surface area contributed by atoms with E-state index in [-0.39, 0.29) is 28.4 Å². The van der Waals surface area contributed by atoms with Gasteiger partial charge in [0.25, 0.3) is 15.9 Å². The first-order valence-corrected chi connectivity index (χ1v) is 11.3. The number of benzene rings is 2. The maximum atomic E-state index is 12.7. The third kappa shape index (κ3) is 4.07. The predicted octanol–water partition coefficient (Wildman–Crippen LogP) is 1.68. The minimum Gasteiger partial charge on any atom is -0.497 e. The number of amides is 2. The summed E-state index contributed by atoms with van der Waals surface area (Å²) >= 11 is 1.13. The first-order chi connectivity index (χ1) is 14.4. The van der Waals surface area contributed by atoms with Gasteiger partial charge in [0.1, 0.15) is 5.75 Å². The highest BCUT2D eigenvalue weighted by molar-refractivity contribution is 7.93. The molecule has 1 aromatic heterocycles. The first kappa shape index (κ1) is 20.1. The van der Waals surface area contributed by atoms with E-state index in [1.807, 2.05) is 0 Å². The van der Waals surface area contributed by atoms with Crippen molar-refractivity contribution in [1.82, 2.24) is 15.2 Å². The van der Waals surface area contributed by atoms with Gasteiger partial charge in [-0.25, -0.2) is 13.4 Å². The molecule has 2 heterocycles. The van der Waals surface area contributed by atoms with Crippen molar-refractivity contribution in [3.05, 3.63) is 48.0 Å². The van der Waals surface area contributed by atoms with Crippen LogP contribution in [-0.4, -0.2) is 56.9 Å². The average molecular weight is 447 g/mol. The summed E-state index contributed by atoms with van der Waals surface area (Å²) in [4.78, 5) is 30.1. The van der Waals surface area contributed by atoms with E-state index in [9.17, 15) is 18.0 Å². The zero-order valence-corrected chi connectivity index (χ0v) is 17.5. The molecule has 30 heavy (non-hydrogen) atoms.